The van der Waals surface area contributed by atoms with Crippen LogP contribution >= 0.6 is 0 Å². The van der Waals surface area contributed by atoms with Crippen molar-refractivity contribution >= 4 is 11.4 Å². The SMILES string of the molecule is NCc1cc(N2CCC(O)C2)ccc1N. The maximum absolute atomic E-state index is 9.45. The van der Waals surface area contributed by atoms with Crippen molar-refractivity contribution in [1.82, 2.24) is 0 Å². The van der Waals surface area contributed by atoms with Gasteiger partial charge >= 0.3 is 0 Å². The Kier molecular flexibility index (Phi) is 2.79. The van der Waals surface area contributed by atoms with Crippen LogP contribution in [0.4, 0.5) is 11.4 Å². The van der Waals surface area contributed by atoms with Crippen LogP contribution in [0.2, 0.25) is 0 Å². The highest BCUT2D eigenvalue weighted by Gasteiger charge is 2.20. The van der Waals surface area contributed by atoms with Crippen molar-refractivity contribution in [2.75, 3.05) is 23.7 Å². The maximum Gasteiger partial charge on any atom is 0.0731 e. The summed E-state index contributed by atoms with van der Waals surface area (Å²) < 4.78 is 0. The summed E-state index contributed by atoms with van der Waals surface area (Å²) in [6, 6.07) is 5.86. The Bertz CT molecular complexity index is 354. The molecule has 1 fully saturated rings. The molecule has 0 aromatic heterocycles. The van der Waals surface area contributed by atoms with Gasteiger partial charge in [0.2, 0.25) is 0 Å². The van der Waals surface area contributed by atoms with Crippen molar-refractivity contribution in [3.8, 4) is 0 Å². The topological polar surface area (TPSA) is 75.5 Å². The van der Waals surface area contributed by atoms with Crippen molar-refractivity contribution < 1.29 is 5.11 Å². The predicted molar refractivity (Wildman–Crippen MR) is 61.6 cm³/mol. The van der Waals surface area contributed by atoms with Crippen LogP contribution in [0.3, 0.4) is 0 Å². The lowest BCUT2D eigenvalue weighted by atomic mass is 10.1. The van der Waals surface area contributed by atoms with E-state index in [4.69, 9.17) is 11.5 Å². The quantitative estimate of drug-likeness (QED) is 0.610. The zero-order valence-electron chi connectivity index (χ0n) is 8.69. The van der Waals surface area contributed by atoms with E-state index in [9.17, 15) is 5.11 Å². The minimum atomic E-state index is -0.205. The lowest BCUT2D eigenvalue weighted by molar-refractivity contribution is 0.198. The van der Waals surface area contributed by atoms with Crippen LogP contribution in [-0.2, 0) is 6.54 Å². The third-order valence-electron chi connectivity index (χ3n) is 2.87. The number of nitrogen functional groups attached to an aromatic ring is 1. The number of anilines is 2. The Morgan fingerprint density at radius 3 is 2.87 bits per heavy atom. The van der Waals surface area contributed by atoms with E-state index in [1.54, 1.807) is 0 Å². The van der Waals surface area contributed by atoms with Gasteiger partial charge in [0.15, 0.2) is 0 Å². The van der Waals surface area contributed by atoms with Gasteiger partial charge in [-0.1, -0.05) is 0 Å². The van der Waals surface area contributed by atoms with Gasteiger partial charge in [-0.3, -0.25) is 0 Å². The van der Waals surface area contributed by atoms with Gasteiger partial charge in [0.1, 0.15) is 0 Å². The molecule has 0 spiro atoms. The normalized spacial score (nSPS) is 20.9. The van der Waals surface area contributed by atoms with E-state index in [1.165, 1.54) is 0 Å². The van der Waals surface area contributed by atoms with Gasteiger partial charge in [-0.15, -0.1) is 0 Å². The molecular formula is C11H17N3O. The third kappa shape index (κ3) is 2.06. The minimum absolute atomic E-state index is 0.205. The Labute approximate surface area is 89.5 Å². The van der Waals surface area contributed by atoms with Gasteiger partial charge in [0.05, 0.1) is 6.10 Å². The Balaban J connectivity index is 2.21. The largest absolute Gasteiger partial charge is 0.398 e. The second kappa shape index (κ2) is 4.08. The van der Waals surface area contributed by atoms with Crippen LogP contribution < -0.4 is 16.4 Å². The molecule has 1 aromatic rings. The van der Waals surface area contributed by atoms with E-state index in [0.29, 0.717) is 13.1 Å². The lowest BCUT2D eigenvalue weighted by Crippen LogP contribution is -2.21. The lowest BCUT2D eigenvalue weighted by Gasteiger charge is -2.19. The molecule has 1 aliphatic heterocycles. The molecule has 15 heavy (non-hydrogen) atoms. The summed E-state index contributed by atoms with van der Waals surface area (Å²) in [4.78, 5) is 2.16. The summed E-state index contributed by atoms with van der Waals surface area (Å²) in [6.07, 6.45) is 0.631. The minimum Gasteiger partial charge on any atom is -0.398 e. The number of nitrogens with zero attached hydrogens (tertiary/aromatic N) is 1. The zero-order valence-corrected chi connectivity index (χ0v) is 8.69. The monoisotopic (exact) mass is 207 g/mol. The standard InChI is InChI=1S/C11H17N3O/c12-6-8-5-9(1-2-11(8)13)14-4-3-10(15)7-14/h1-2,5,10,15H,3-4,6-7,12-13H2. The second-order valence-electron chi connectivity index (χ2n) is 3.98. The average Bonchev–Trinajstić information content (AvgIpc) is 2.66. The Hall–Kier alpha value is -1.26. The van der Waals surface area contributed by atoms with Crippen LogP contribution in [0.1, 0.15) is 12.0 Å². The zero-order chi connectivity index (χ0) is 10.8. The van der Waals surface area contributed by atoms with Crippen molar-refractivity contribution in [3.63, 3.8) is 0 Å². The molecule has 0 aliphatic carbocycles. The van der Waals surface area contributed by atoms with E-state index < -0.39 is 0 Å². The predicted octanol–water partition coefficient (Wildman–Crippen LogP) is 0.298. The molecule has 0 saturated carbocycles. The van der Waals surface area contributed by atoms with Gasteiger partial charge in [0.25, 0.3) is 0 Å². The van der Waals surface area contributed by atoms with Gasteiger partial charge < -0.3 is 21.5 Å². The molecular weight excluding hydrogens is 190 g/mol. The average molecular weight is 207 g/mol. The number of β-amino-alcohol motifs (C(OH)–C–C–N with tert-alkyl or cyclic N) is 1. The maximum atomic E-state index is 9.45. The van der Waals surface area contributed by atoms with E-state index >= 15 is 0 Å². The van der Waals surface area contributed by atoms with E-state index in [2.05, 4.69) is 4.90 Å². The Morgan fingerprint density at radius 2 is 2.27 bits per heavy atom. The van der Waals surface area contributed by atoms with Crippen molar-refractivity contribution in [3.05, 3.63) is 23.8 Å². The highest BCUT2D eigenvalue weighted by atomic mass is 16.3. The van der Waals surface area contributed by atoms with Crippen LogP contribution in [0.5, 0.6) is 0 Å². The summed E-state index contributed by atoms with van der Waals surface area (Å²) in [6.45, 7) is 2.05. The first-order chi connectivity index (χ1) is 7.20. The van der Waals surface area contributed by atoms with Gasteiger partial charge in [-0.25, -0.2) is 0 Å². The molecule has 0 amide bonds. The molecule has 4 heteroatoms. The van der Waals surface area contributed by atoms with Gasteiger partial charge in [-0.2, -0.15) is 0 Å². The molecule has 1 aliphatic rings. The first-order valence-corrected chi connectivity index (χ1v) is 5.22. The van der Waals surface area contributed by atoms with Crippen molar-refractivity contribution in [2.45, 2.75) is 19.1 Å². The highest BCUT2D eigenvalue weighted by molar-refractivity contribution is 5.59. The molecule has 2 rings (SSSR count). The third-order valence-corrected chi connectivity index (χ3v) is 2.87. The molecule has 1 saturated heterocycles. The number of hydrogen-bond acceptors (Lipinski definition) is 4. The summed E-state index contributed by atoms with van der Waals surface area (Å²) >= 11 is 0. The highest BCUT2D eigenvalue weighted by Crippen LogP contribution is 2.24. The van der Waals surface area contributed by atoms with E-state index in [0.717, 1.165) is 29.9 Å². The summed E-state index contributed by atoms with van der Waals surface area (Å²) in [5.41, 5.74) is 14.2. The van der Waals surface area contributed by atoms with Crippen LogP contribution in [0.25, 0.3) is 0 Å². The summed E-state index contributed by atoms with van der Waals surface area (Å²) in [5, 5.41) is 9.45. The molecule has 0 radical (unpaired) electrons. The molecule has 1 heterocycles. The fourth-order valence-electron chi connectivity index (χ4n) is 1.94. The molecule has 0 bridgehead atoms. The van der Waals surface area contributed by atoms with Crippen LogP contribution in [0, 0.1) is 0 Å². The molecule has 4 nitrogen and oxygen atoms in total. The molecule has 1 atom stereocenters. The summed E-state index contributed by atoms with van der Waals surface area (Å²) in [5.74, 6) is 0. The van der Waals surface area contributed by atoms with E-state index in [1.807, 2.05) is 18.2 Å². The fourth-order valence-corrected chi connectivity index (χ4v) is 1.94. The van der Waals surface area contributed by atoms with Gasteiger partial charge in [-0.05, 0) is 30.2 Å². The summed E-state index contributed by atoms with van der Waals surface area (Å²) in [7, 11) is 0. The smallest absolute Gasteiger partial charge is 0.0731 e. The number of hydrogen-bond donors (Lipinski definition) is 3. The second-order valence-corrected chi connectivity index (χ2v) is 3.98. The Morgan fingerprint density at radius 1 is 1.47 bits per heavy atom. The number of aliphatic hydroxyl groups excluding tert-OH is 1. The number of rotatable bonds is 2. The van der Waals surface area contributed by atoms with Gasteiger partial charge in [0, 0.05) is 31.0 Å². The first-order valence-electron chi connectivity index (χ1n) is 5.22. The van der Waals surface area contributed by atoms with Crippen molar-refractivity contribution in [2.24, 2.45) is 5.73 Å². The fraction of sp³-hybridized carbons (Fsp3) is 0.455. The molecule has 82 valence electrons. The molecule has 5 N–H and O–H groups in total. The van der Waals surface area contributed by atoms with E-state index in [-0.39, 0.29) is 6.10 Å². The molecule has 1 unspecified atom stereocenters. The first kappa shape index (κ1) is 10.3. The molecule has 1 aromatic carbocycles. The number of aliphatic hydroxyl groups is 1. The van der Waals surface area contributed by atoms with Crippen molar-refractivity contribution in [1.29, 1.82) is 0 Å². The number of benzene rings is 1. The number of nitrogens with two attached hydrogens (primary N) is 2. The van der Waals surface area contributed by atoms with Crippen LogP contribution in [0.15, 0.2) is 18.2 Å². The van der Waals surface area contributed by atoms with Crippen LogP contribution in [-0.4, -0.2) is 24.3 Å².